The highest BCUT2D eigenvalue weighted by Gasteiger charge is 2.21. The number of sulfonamides is 1. The Kier molecular flexibility index (Phi) is 5.34. The molecule has 0 spiro atoms. The van der Waals surface area contributed by atoms with Gasteiger partial charge in [0.05, 0.1) is 17.9 Å². The fourth-order valence-electron chi connectivity index (χ4n) is 2.74. The molecule has 0 radical (unpaired) electrons. The quantitative estimate of drug-likeness (QED) is 0.890. The largest absolute Gasteiger partial charge is 0.299 e. The van der Waals surface area contributed by atoms with Crippen molar-refractivity contribution in [2.75, 3.05) is 25.9 Å². The maximum absolute atomic E-state index is 11.2. The Labute approximate surface area is 126 Å². The van der Waals surface area contributed by atoms with E-state index in [1.165, 1.54) is 6.26 Å². The van der Waals surface area contributed by atoms with Crippen molar-refractivity contribution in [2.24, 2.45) is 5.92 Å². The maximum atomic E-state index is 11.2. The summed E-state index contributed by atoms with van der Waals surface area (Å²) in [6.07, 6.45) is 3.29. The number of piperidine rings is 1. The molecule has 1 aromatic carbocycles. The van der Waals surface area contributed by atoms with Crippen LogP contribution in [0.2, 0.25) is 0 Å². The fourth-order valence-corrected chi connectivity index (χ4v) is 3.28. The molecule has 0 aromatic heterocycles. The Bertz CT molecular complexity index is 622. The molecule has 1 unspecified atom stereocenters. The van der Waals surface area contributed by atoms with E-state index in [1.54, 1.807) is 0 Å². The molecular weight excluding hydrogens is 286 g/mol. The molecule has 0 saturated carbocycles. The fraction of sp³-hybridized carbons (Fsp3) is 0.533. The number of nitrogens with zero attached hydrogens (tertiary/aromatic N) is 2. The van der Waals surface area contributed by atoms with Gasteiger partial charge < -0.3 is 0 Å². The summed E-state index contributed by atoms with van der Waals surface area (Å²) in [5.74, 6) is 0.336. The summed E-state index contributed by atoms with van der Waals surface area (Å²) in [7, 11) is -3.12. The van der Waals surface area contributed by atoms with Crippen LogP contribution in [-0.2, 0) is 16.6 Å². The highest BCUT2D eigenvalue weighted by Crippen LogP contribution is 2.19. The molecule has 1 aliphatic rings. The van der Waals surface area contributed by atoms with Gasteiger partial charge in [0.25, 0.3) is 0 Å². The normalized spacial score (nSPS) is 20.1. The number of likely N-dealkylation sites (tertiary alicyclic amines) is 1. The molecule has 2 rings (SSSR count). The van der Waals surface area contributed by atoms with Gasteiger partial charge >= 0.3 is 0 Å². The van der Waals surface area contributed by atoms with Gasteiger partial charge in [-0.1, -0.05) is 18.2 Å². The number of benzene rings is 1. The van der Waals surface area contributed by atoms with E-state index in [1.807, 2.05) is 24.3 Å². The molecule has 5 nitrogen and oxygen atoms in total. The van der Waals surface area contributed by atoms with Crippen molar-refractivity contribution < 1.29 is 8.42 Å². The predicted molar refractivity (Wildman–Crippen MR) is 82.0 cm³/mol. The number of hydrogen-bond acceptors (Lipinski definition) is 4. The first-order chi connectivity index (χ1) is 9.98. The molecule has 1 N–H and O–H groups in total. The molecule has 0 amide bonds. The minimum atomic E-state index is -3.12. The zero-order valence-electron chi connectivity index (χ0n) is 12.2. The van der Waals surface area contributed by atoms with Gasteiger partial charge in [0.15, 0.2) is 0 Å². The van der Waals surface area contributed by atoms with Crippen LogP contribution < -0.4 is 4.72 Å². The topological polar surface area (TPSA) is 73.2 Å². The summed E-state index contributed by atoms with van der Waals surface area (Å²) in [5.41, 5.74) is 1.76. The minimum Gasteiger partial charge on any atom is -0.299 e. The van der Waals surface area contributed by atoms with E-state index in [0.29, 0.717) is 18.0 Å². The summed E-state index contributed by atoms with van der Waals surface area (Å²) in [4.78, 5) is 2.30. The van der Waals surface area contributed by atoms with Crippen LogP contribution in [0.3, 0.4) is 0 Å². The van der Waals surface area contributed by atoms with E-state index in [0.717, 1.165) is 38.0 Å². The van der Waals surface area contributed by atoms with Gasteiger partial charge in [-0.3, -0.25) is 4.90 Å². The lowest BCUT2D eigenvalue weighted by Crippen LogP contribution is -2.40. The SMILES string of the molecule is CS(=O)(=O)NCC1CCCN(Cc2ccccc2C#N)C1. The van der Waals surface area contributed by atoms with Crippen LogP contribution in [0.5, 0.6) is 0 Å². The average molecular weight is 307 g/mol. The van der Waals surface area contributed by atoms with Crippen LogP contribution in [0, 0.1) is 17.2 Å². The highest BCUT2D eigenvalue weighted by atomic mass is 32.2. The van der Waals surface area contributed by atoms with Crippen molar-refractivity contribution in [3.63, 3.8) is 0 Å². The highest BCUT2D eigenvalue weighted by molar-refractivity contribution is 7.88. The lowest BCUT2D eigenvalue weighted by molar-refractivity contribution is 0.169. The van der Waals surface area contributed by atoms with E-state index < -0.39 is 10.0 Å². The molecule has 0 aliphatic carbocycles. The Morgan fingerprint density at radius 3 is 2.90 bits per heavy atom. The zero-order valence-corrected chi connectivity index (χ0v) is 13.1. The smallest absolute Gasteiger partial charge is 0.208 e. The molecular formula is C15H21N3O2S. The summed E-state index contributed by atoms with van der Waals surface area (Å²) >= 11 is 0. The van der Waals surface area contributed by atoms with Crippen molar-refractivity contribution in [1.82, 2.24) is 9.62 Å². The lowest BCUT2D eigenvalue weighted by atomic mass is 9.97. The Balaban J connectivity index is 1.94. The standard InChI is InChI=1S/C15H21N3O2S/c1-21(19,20)17-10-13-5-4-8-18(11-13)12-15-7-3-2-6-14(15)9-16/h2-3,6-7,13,17H,4-5,8,10-12H2,1H3. The molecule has 1 atom stereocenters. The van der Waals surface area contributed by atoms with Crippen LogP contribution in [0.15, 0.2) is 24.3 Å². The third-order valence-electron chi connectivity index (χ3n) is 3.77. The minimum absolute atomic E-state index is 0.336. The Hall–Kier alpha value is -1.42. The number of hydrogen-bond donors (Lipinski definition) is 1. The Morgan fingerprint density at radius 1 is 1.43 bits per heavy atom. The van der Waals surface area contributed by atoms with Crippen LogP contribution >= 0.6 is 0 Å². The van der Waals surface area contributed by atoms with Crippen molar-refractivity contribution in [3.05, 3.63) is 35.4 Å². The predicted octanol–water partition coefficient (Wildman–Crippen LogP) is 1.32. The second kappa shape index (κ2) is 7.03. The summed E-state index contributed by atoms with van der Waals surface area (Å²) in [6, 6.07) is 9.86. The summed E-state index contributed by atoms with van der Waals surface area (Å²) in [5, 5.41) is 9.13. The molecule has 1 aliphatic heterocycles. The van der Waals surface area contributed by atoms with Gasteiger partial charge in [0.1, 0.15) is 0 Å². The first kappa shape index (κ1) is 16.0. The third kappa shape index (κ3) is 5.12. The van der Waals surface area contributed by atoms with E-state index in [2.05, 4.69) is 15.7 Å². The number of nitriles is 1. The molecule has 1 saturated heterocycles. The van der Waals surface area contributed by atoms with Gasteiger partial charge in [0, 0.05) is 19.6 Å². The van der Waals surface area contributed by atoms with Crippen LogP contribution in [0.25, 0.3) is 0 Å². The lowest BCUT2D eigenvalue weighted by Gasteiger charge is -2.32. The Morgan fingerprint density at radius 2 is 2.19 bits per heavy atom. The van der Waals surface area contributed by atoms with Crippen molar-refractivity contribution in [1.29, 1.82) is 5.26 Å². The third-order valence-corrected chi connectivity index (χ3v) is 4.46. The maximum Gasteiger partial charge on any atom is 0.208 e. The van der Waals surface area contributed by atoms with Crippen LogP contribution in [0.1, 0.15) is 24.0 Å². The second-order valence-corrected chi connectivity index (χ2v) is 7.47. The van der Waals surface area contributed by atoms with E-state index in [4.69, 9.17) is 5.26 Å². The first-order valence-corrected chi connectivity index (χ1v) is 9.02. The van der Waals surface area contributed by atoms with E-state index >= 15 is 0 Å². The van der Waals surface area contributed by atoms with E-state index in [9.17, 15) is 8.42 Å². The molecule has 1 heterocycles. The zero-order chi connectivity index (χ0) is 15.3. The second-order valence-electron chi connectivity index (χ2n) is 5.63. The summed E-state index contributed by atoms with van der Waals surface area (Å²) < 4.78 is 24.9. The van der Waals surface area contributed by atoms with Crippen molar-refractivity contribution in [2.45, 2.75) is 19.4 Å². The molecule has 1 fully saturated rings. The summed E-state index contributed by atoms with van der Waals surface area (Å²) in [6.45, 7) is 3.10. The van der Waals surface area contributed by atoms with Crippen molar-refractivity contribution in [3.8, 4) is 6.07 Å². The first-order valence-electron chi connectivity index (χ1n) is 7.13. The van der Waals surface area contributed by atoms with Crippen LogP contribution in [0.4, 0.5) is 0 Å². The molecule has 1 aromatic rings. The van der Waals surface area contributed by atoms with E-state index in [-0.39, 0.29) is 0 Å². The molecule has 21 heavy (non-hydrogen) atoms. The monoisotopic (exact) mass is 307 g/mol. The van der Waals surface area contributed by atoms with Crippen LogP contribution in [-0.4, -0.2) is 39.2 Å². The van der Waals surface area contributed by atoms with Gasteiger partial charge in [0.2, 0.25) is 10.0 Å². The average Bonchev–Trinajstić information content (AvgIpc) is 2.45. The number of nitrogens with one attached hydrogen (secondary N) is 1. The van der Waals surface area contributed by atoms with Gasteiger partial charge in [-0.05, 0) is 36.9 Å². The molecule has 114 valence electrons. The van der Waals surface area contributed by atoms with Gasteiger partial charge in [-0.15, -0.1) is 0 Å². The van der Waals surface area contributed by atoms with Gasteiger partial charge in [-0.25, -0.2) is 13.1 Å². The number of rotatable bonds is 5. The van der Waals surface area contributed by atoms with Gasteiger partial charge in [-0.2, -0.15) is 5.26 Å². The van der Waals surface area contributed by atoms with Crippen molar-refractivity contribution >= 4 is 10.0 Å². The molecule has 0 bridgehead atoms. The molecule has 6 heteroatoms.